The summed E-state index contributed by atoms with van der Waals surface area (Å²) in [5.41, 5.74) is 1.65. The Labute approximate surface area is 323 Å². The number of thiocarbonyl (C=S) groups is 1. The van der Waals surface area contributed by atoms with Crippen LogP contribution in [0.25, 0.3) is 0 Å². The summed E-state index contributed by atoms with van der Waals surface area (Å²) in [6.45, 7) is 9.90. The topological polar surface area (TPSA) is 141 Å². The lowest BCUT2D eigenvalue weighted by atomic mass is 9.93. The SMILES string of the molecule is CC(C)C[C@H](NC(=O)[C@H](CCc1ccccc1)NC(=S)Nc1ccc(Cl)cc1)C(=O)N[C@@H](Cc1ccccc1)C(=O)N[C@@H](CC(C)C)C(=O)[C@@]1(C)CO1. The second-order valence-corrected chi connectivity index (χ2v) is 15.5. The summed E-state index contributed by atoms with van der Waals surface area (Å²) in [5.74, 6) is -1.43. The van der Waals surface area contributed by atoms with E-state index in [0.29, 0.717) is 43.0 Å². The van der Waals surface area contributed by atoms with Crippen LogP contribution in [0.5, 0.6) is 0 Å². The minimum absolute atomic E-state index is 0.0307. The Morgan fingerprint density at radius 2 is 1.19 bits per heavy atom. The molecule has 1 heterocycles. The van der Waals surface area contributed by atoms with Crippen LogP contribution < -0.4 is 26.6 Å². The summed E-state index contributed by atoms with van der Waals surface area (Å²) in [6, 6.07) is 22.6. The number of epoxide rings is 1. The molecule has 0 aromatic heterocycles. The van der Waals surface area contributed by atoms with Crippen molar-refractivity contribution in [1.82, 2.24) is 21.3 Å². The summed E-state index contributed by atoms with van der Waals surface area (Å²) in [6.07, 6.45) is 1.90. The molecule has 1 fully saturated rings. The lowest BCUT2D eigenvalue weighted by Gasteiger charge is -2.28. The normalized spacial score (nSPS) is 17.2. The van der Waals surface area contributed by atoms with Crippen LogP contribution in [-0.4, -0.2) is 65.0 Å². The molecule has 12 heteroatoms. The molecule has 1 saturated heterocycles. The Balaban J connectivity index is 1.53. The molecule has 284 valence electrons. The Kier molecular flexibility index (Phi) is 15.4. The molecule has 3 amide bonds. The van der Waals surface area contributed by atoms with E-state index in [-0.39, 0.29) is 29.2 Å². The number of aryl methyl sites for hydroxylation is 1. The monoisotopic (exact) mass is 761 g/mol. The van der Waals surface area contributed by atoms with Gasteiger partial charge in [-0.25, -0.2) is 0 Å². The molecule has 0 saturated carbocycles. The average molecular weight is 762 g/mol. The van der Waals surface area contributed by atoms with Crippen molar-refractivity contribution in [3.8, 4) is 0 Å². The first-order valence-corrected chi connectivity index (χ1v) is 19.0. The quantitative estimate of drug-likeness (QED) is 0.0766. The summed E-state index contributed by atoms with van der Waals surface area (Å²) in [4.78, 5) is 55.5. The molecule has 53 heavy (non-hydrogen) atoms. The lowest BCUT2D eigenvalue weighted by Crippen LogP contribution is -2.59. The van der Waals surface area contributed by atoms with Crippen molar-refractivity contribution in [2.45, 2.75) is 96.5 Å². The number of Topliss-reactive ketones (excluding diaryl/α,β-unsaturated/α-hetero) is 1. The van der Waals surface area contributed by atoms with Crippen LogP contribution in [0.1, 0.15) is 65.0 Å². The van der Waals surface area contributed by atoms with Gasteiger partial charge in [-0.1, -0.05) is 100.0 Å². The average Bonchev–Trinajstić information content (AvgIpc) is 3.88. The van der Waals surface area contributed by atoms with E-state index in [1.54, 1.807) is 31.2 Å². The number of nitrogens with one attached hydrogen (secondary N) is 5. The van der Waals surface area contributed by atoms with Crippen molar-refractivity contribution in [3.05, 3.63) is 101 Å². The van der Waals surface area contributed by atoms with Crippen molar-refractivity contribution in [2.24, 2.45) is 11.8 Å². The number of hydrogen-bond donors (Lipinski definition) is 5. The molecule has 1 aliphatic rings. The van der Waals surface area contributed by atoms with Gasteiger partial charge in [0.05, 0.1) is 12.6 Å². The number of ketones is 1. The van der Waals surface area contributed by atoms with Gasteiger partial charge < -0.3 is 31.3 Å². The van der Waals surface area contributed by atoms with E-state index >= 15 is 0 Å². The summed E-state index contributed by atoms with van der Waals surface area (Å²) >= 11 is 11.6. The highest BCUT2D eigenvalue weighted by Gasteiger charge is 2.50. The highest BCUT2D eigenvalue weighted by Crippen LogP contribution is 2.29. The van der Waals surface area contributed by atoms with Gasteiger partial charge in [0.25, 0.3) is 0 Å². The highest BCUT2D eigenvalue weighted by molar-refractivity contribution is 7.80. The van der Waals surface area contributed by atoms with Gasteiger partial charge in [-0.15, -0.1) is 0 Å². The van der Waals surface area contributed by atoms with Gasteiger partial charge in [-0.3, -0.25) is 19.2 Å². The van der Waals surface area contributed by atoms with Crippen LogP contribution in [0.4, 0.5) is 5.69 Å². The first-order chi connectivity index (χ1) is 25.2. The summed E-state index contributed by atoms with van der Waals surface area (Å²) < 4.78 is 5.41. The van der Waals surface area contributed by atoms with Crippen LogP contribution in [0.15, 0.2) is 84.9 Å². The van der Waals surface area contributed by atoms with Crippen LogP contribution in [0.2, 0.25) is 5.02 Å². The van der Waals surface area contributed by atoms with Crippen molar-refractivity contribution >= 4 is 58.1 Å². The van der Waals surface area contributed by atoms with E-state index in [2.05, 4.69) is 26.6 Å². The molecule has 5 N–H and O–H groups in total. The van der Waals surface area contributed by atoms with Crippen molar-refractivity contribution in [3.63, 3.8) is 0 Å². The second kappa shape index (κ2) is 19.7. The predicted octanol–water partition coefficient (Wildman–Crippen LogP) is 5.78. The zero-order valence-corrected chi connectivity index (χ0v) is 32.7. The van der Waals surface area contributed by atoms with Crippen LogP contribution >= 0.6 is 23.8 Å². The Morgan fingerprint density at radius 1 is 0.698 bits per heavy atom. The minimum atomic E-state index is -1.02. The van der Waals surface area contributed by atoms with E-state index in [9.17, 15) is 19.2 Å². The van der Waals surface area contributed by atoms with Gasteiger partial charge in [0.2, 0.25) is 17.7 Å². The van der Waals surface area contributed by atoms with Gasteiger partial charge in [-0.2, -0.15) is 0 Å². The highest BCUT2D eigenvalue weighted by atomic mass is 35.5. The van der Waals surface area contributed by atoms with Crippen LogP contribution in [0, 0.1) is 11.8 Å². The number of anilines is 1. The molecule has 0 aliphatic carbocycles. The maximum absolute atomic E-state index is 14.1. The second-order valence-electron chi connectivity index (χ2n) is 14.7. The van der Waals surface area contributed by atoms with Crippen molar-refractivity contribution in [1.29, 1.82) is 0 Å². The molecule has 3 aromatic carbocycles. The van der Waals surface area contributed by atoms with Gasteiger partial charge in [0.15, 0.2) is 10.9 Å². The number of ether oxygens (including phenoxy) is 1. The summed E-state index contributed by atoms with van der Waals surface area (Å²) in [7, 11) is 0. The molecule has 3 aromatic rings. The third kappa shape index (κ3) is 13.6. The Hall–Kier alpha value is -4.32. The van der Waals surface area contributed by atoms with Gasteiger partial charge in [0.1, 0.15) is 23.7 Å². The number of benzene rings is 3. The van der Waals surface area contributed by atoms with Gasteiger partial charge in [0, 0.05) is 17.1 Å². The Morgan fingerprint density at radius 3 is 1.75 bits per heavy atom. The maximum atomic E-state index is 14.1. The molecule has 0 unspecified atom stereocenters. The molecular weight excluding hydrogens is 710 g/mol. The van der Waals surface area contributed by atoms with Crippen LogP contribution in [0.3, 0.4) is 0 Å². The smallest absolute Gasteiger partial charge is 0.243 e. The number of carbonyl (C=O) groups excluding carboxylic acids is 4. The van der Waals surface area contributed by atoms with Gasteiger partial charge >= 0.3 is 0 Å². The number of carbonyl (C=O) groups is 4. The fraction of sp³-hybridized carbons (Fsp3) is 0.439. The first kappa shape index (κ1) is 41.4. The van der Waals surface area contributed by atoms with E-state index in [0.717, 1.165) is 11.1 Å². The molecule has 0 bridgehead atoms. The van der Waals surface area contributed by atoms with Crippen molar-refractivity contribution < 1.29 is 23.9 Å². The zero-order chi connectivity index (χ0) is 38.5. The number of amides is 3. The number of hydrogen-bond acceptors (Lipinski definition) is 6. The molecule has 10 nitrogen and oxygen atoms in total. The van der Waals surface area contributed by atoms with Crippen LogP contribution in [-0.2, 0) is 36.8 Å². The standard InChI is InChI=1S/C41H52ClN5O5S/c1-26(2)22-33(36(48)41(5)25-52-41)44-39(51)35(24-29-14-10-7-11-15-29)46-38(50)34(23-27(3)4)45-37(49)32(21-16-28-12-8-6-9-13-28)47-40(53)43-31-19-17-30(42)18-20-31/h6-15,17-20,26-27,32-35H,16,21-25H2,1-5H3,(H,44,51)(H,45,49)(H,46,50)(H2,43,47,53)/t32-,33-,34-,35-,41+/m0/s1. The summed E-state index contributed by atoms with van der Waals surface area (Å²) in [5, 5.41) is 15.9. The maximum Gasteiger partial charge on any atom is 0.243 e. The van der Waals surface area contributed by atoms with E-state index < -0.39 is 47.5 Å². The zero-order valence-electron chi connectivity index (χ0n) is 31.1. The molecule has 1 aliphatic heterocycles. The third-order valence-electron chi connectivity index (χ3n) is 8.98. The fourth-order valence-corrected chi connectivity index (χ4v) is 6.37. The third-order valence-corrected chi connectivity index (χ3v) is 9.45. The molecular formula is C41H52ClN5O5S. The van der Waals surface area contributed by atoms with E-state index in [1.165, 1.54) is 0 Å². The number of rotatable bonds is 19. The first-order valence-electron chi connectivity index (χ1n) is 18.2. The lowest BCUT2D eigenvalue weighted by molar-refractivity contribution is -0.134. The number of halogens is 1. The Bertz CT molecular complexity index is 1690. The molecule has 4 rings (SSSR count). The van der Waals surface area contributed by atoms with E-state index in [1.807, 2.05) is 88.4 Å². The molecule has 0 radical (unpaired) electrons. The minimum Gasteiger partial charge on any atom is -0.361 e. The fourth-order valence-electron chi connectivity index (χ4n) is 5.98. The van der Waals surface area contributed by atoms with Gasteiger partial charge in [-0.05, 0) is 92.1 Å². The largest absolute Gasteiger partial charge is 0.361 e. The van der Waals surface area contributed by atoms with E-state index in [4.69, 9.17) is 28.6 Å². The molecule has 0 spiro atoms. The van der Waals surface area contributed by atoms with Crippen molar-refractivity contribution in [2.75, 3.05) is 11.9 Å². The predicted molar refractivity (Wildman–Crippen MR) is 214 cm³/mol. The molecule has 5 atom stereocenters.